The van der Waals surface area contributed by atoms with E-state index in [0.717, 1.165) is 51.4 Å². The molecule has 0 heterocycles. The zero-order chi connectivity index (χ0) is 28.5. The van der Waals surface area contributed by atoms with Gasteiger partial charge in [0.05, 0.1) is 17.7 Å². The molecule has 7 nitrogen and oxygen atoms in total. The summed E-state index contributed by atoms with van der Waals surface area (Å²) in [7, 11) is -5.12. The van der Waals surface area contributed by atoms with Crippen LogP contribution < -0.4 is 5.73 Å². The van der Waals surface area contributed by atoms with Crippen LogP contribution in [0.15, 0.2) is 0 Å². The molecule has 0 radical (unpaired) electrons. The number of unbranched alkanes of at least 4 members (excludes halogenated alkanes) is 4. The Kier molecular flexibility index (Phi) is 19.3. The second kappa shape index (κ2) is 19.3. The molecule has 0 aliphatic heterocycles. The maximum atomic E-state index is 7.01. The van der Waals surface area contributed by atoms with Gasteiger partial charge in [0, 0.05) is 26.4 Å². The first kappa shape index (κ1) is 37.2. The molecular weight excluding hydrogens is 502 g/mol. The monoisotopic (exact) mass is 565 g/mol. The van der Waals surface area contributed by atoms with E-state index in [4.69, 9.17) is 32.9 Å². The summed E-state index contributed by atoms with van der Waals surface area (Å²) in [6, 6.07) is 0. The predicted octanol–water partition coefficient (Wildman–Crippen LogP) is 6.78. The van der Waals surface area contributed by atoms with E-state index in [-0.39, 0.29) is 23.7 Å². The lowest BCUT2D eigenvalue weighted by Gasteiger charge is -2.44. The van der Waals surface area contributed by atoms with Crippen molar-refractivity contribution in [3.8, 4) is 0 Å². The molecule has 2 N–H and O–H groups in total. The van der Waals surface area contributed by atoms with Gasteiger partial charge in [-0.25, -0.2) is 0 Å². The molecule has 0 rings (SSSR count). The Bertz CT molecular complexity index is 511. The highest BCUT2D eigenvalue weighted by atomic mass is 28.4. The van der Waals surface area contributed by atoms with Gasteiger partial charge in [-0.2, -0.15) is 0 Å². The third-order valence-electron chi connectivity index (χ3n) is 7.52. The SMILES string of the molecule is CCCCCC(OC(C)C(C)(N)C(C)OC(CCCCC)[Si](C)(OCC)OCC)[Si](C)(OCC)OCC. The highest BCUT2D eigenvalue weighted by Crippen LogP contribution is 2.30. The molecule has 0 aromatic heterocycles. The normalized spacial score (nSPS) is 17.8. The summed E-state index contributed by atoms with van der Waals surface area (Å²) < 4.78 is 38.5. The molecule has 0 spiro atoms. The molecule has 4 unspecified atom stereocenters. The Morgan fingerprint density at radius 2 is 0.892 bits per heavy atom. The molecule has 0 bridgehead atoms. The van der Waals surface area contributed by atoms with Crippen molar-refractivity contribution in [2.24, 2.45) is 5.73 Å². The Morgan fingerprint density at radius 3 is 1.14 bits per heavy atom. The first-order valence-corrected chi connectivity index (χ1v) is 19.9. The minimum absolute atomic E-state index is 0.101. The first-order valence-electron chi connectivity index (χ1n) is 15.1. The van der Waals surface area contributed by atoms with Crippen molar-refractivity contribution in [1.82, 2.24) is 0 Å². The van der Waals surface area contributed by atoms with Gasteiger partial charge in [-0.05, 0) is 74.4 Å². The third kappa shape index (κ3) is 12.5. The molecule has 0 aromatic rings. The molecule has 9 heteroatoms. The van der Waals surface area contributed by atoms with Gasteiger partial charge in [0.25, 0.3) is 0 Å². The van der Waals surface area contributed by atoms with E-state index in [1.807, 2.05) is 34.6 Å². The first-order chi connectivity index (χ1) is 17.4. The van der Waals surface area contributed by atoms with Crippen LogP contribution >= 0.6 is 0 Å². The van der Waals surface area contributed by atoms with Crippen molar-refractivity contribution in [1.29, 1.82) is 0 Å². The molecule has 4 atom stereocenters. The van der Waals surface area contributed by atoms with E-state index in [1.54, 1.807) is 0 Å². The molecule has 0 amide bonds. The summed E-state index contributed by atoms with van der Waals surface area (Å²) in [5.41, 5.74) is 6.08. The Morgan fingerprint density at radius 1 is 0.595 bits per heavy atom. The maximum absolute atomic E-state index is 7.01. The minimum Gasteiger partial charge on any atom is -0.393 e. The topological polar surface area (TPSA) is 81.4 Å². The van der Waals surface area contributed by atoms with Crippen LogP contribution in [0.2, 0.25) is 13.1 Å². The molecule has 0 fully saturated rings. The molecule has 0 aromatic carbocycles. The van der Waals surface area contributed by atoms with Crippen LogP contribution in [0.1, 0.15) is 114 Å². The maximum Gasteiger partial charge on any atom is 0.364 e. The number of ether oxygens (including phenoxy) is 2. The van der Waals surface area contributed by atoms with Gasteiger partial charge in [0.1, 0.15) is 11.5 Å². The standard InChI is InChI=1S/C28H63NO6Si2/c1-12-18-20-22-26(36(10,30-14-3)31-15-4)34-24(7)28(9,29)25(8)35-27(23-21-19-13-2)37(11,32-16-5)33-17-6/h24-27H,12-23,29H2,1-11H3. The van der Waals surface area contributed by atoms with Crippen molar-refractivity contribution in [2.45, 2.75) is 156 Å². The molecule has 0 saturated carbocycles. The fourth-order valence-corrected chi connectivity index (χ4v) is 10.3. The predicted molar refractivity (Wildman–Crippen MR) is 159 cm³/mol. The average Bonchev–Trinajstić information content (AvgIpc) is 2.83. The van der Waals surface area contributed by atoms with Gasteiger partial charge in [0.2, 0.25) is 0 Å². The number of hydrogen-bond donors (Lipinski definition) is 1. The molecule has 224 valence electrons. The molecule has 0 aliphatic carbocycles. The molecule has 37 heavy (non-hydrogen) atoms. The second-order valence-corrected chi connectivity index (χ2v) is 17.2. The van der Waals surface area contributed by atoms with Gasteiger partial charge < -0.3 is 32.9 Å². The lowest BCUT2D eigenvalue weighted by atomic mass is 9.91. The van der Waals surface area contributed by atoms with Gasteiger partial charge in [-0.3, -0.25) is 0 Å². The van der Waals surface area contributed by atoms with Gasteiger partial charge in [-0.1, -0.05) is 52.4 Å². The largest absolute Gasteiger partial charge is 0.393 e. The quantitative estimate of drug-likeness (QED) is 0.102. The third-order valence-corrected chi connectivity index (χ3v) is 14.2. The second-order valence-electron chi connectivity index (χ2n) is 10.7. The van der Waals surface area contributed by atoms with Crippen LogP contribution in [0.25, 0.3) is 0 Å². The van der Waals surface area contributed by atoms with Crippen LogP contribution in [0.4, 0.5) is 0 Å². The summed E-state index contributed by atoms with van der Waals surface area (Å²) in [5, 5.41) is 0. The van der Waals surface area contributed by atoms with E-state index < -0.39 is 22.7 Å². The summed E-state index contributed by atoms with van der Waals surface area (Å²) in [6.07, 6.45) is 8.09. The zero-order valence-corrected chi connectivity index (χ0v) is 28.3. The summed E-state index contributed by atoms with van der Waals surface area (Å²) in [5.74, 6) is 0. The minimum atomic E-state index is -2.56. The van der Waals surface area contributed by atoms with Crippen LogP contribution in [0.5, 0.6) is 0 Å². The van der Waals surface area contributed by atoms with Crippen molar-refractivity contribution in [3.63, 3.8) is 0 Å². The Hall–Kier alpha value is 0.154. The Labute approximate surface area is 232 Å². The van der Waals surface area contributed by atoms with Crippen LogP contribution in [0, 0.1) is 0 Å². The van der Waals surface area contributed by atoms with Crippen molar-refractivity contribution >= 4 is 17.1 Å². The molecule has 0 aliphatic rings. The van der Waals surface area contributed by atoms with Crippen LogP contribution in [-0.4, -0.2) is 72.8 Å². The lowest BCUT2D eigenvalue weighted by molar-refractivity contribution is -0.0969. The number of rotatable bonds is 24. The van der Waals surface area contributed by atoms with E-state index in [0.29, 0.717) is 26.4 Å². The molecule has 0 saturated heterocycles. The summed E-state index contributed by atoms with van der Waals surface area (Å²) in [6.45, 7) is 25.4. The summed E-state index contributed by atoms with van der Waals surface area (Å²) in [4.78, 5) is 0. The van der Waals surface area contributed by atoms with Gasteiger partial charge in [0.15, 0.2) is 0 Å². The lowest BCUT2D eigenvalue weighted by Crippen LogP contribution is -2.63. The van der Waals surface area contributed by atoms with Crippen LogP contribution in [0.3, 0.4) is 0 Å². The molecular formula is C28H63NO6Si2. The van der Waals surface area contributed by atoms with E-state index >= 15 is 0 Å². The highest BCUT2D eigenvalue weighted by Gasteiger charge is 2.48. The van der Waals surface area contributed by atoms with Gasteiger partial charge in [-0.15, -0.1) is 0 Å². The summed E-state index contributed by atoms with van der Waals surface area (Å²) >= 11 is 0. The Balaban J connectivity index is 5.83. The fourth-order valence-electron chi connectivity index (χ4n) is 4.79. The number of hydrogen-bond acceptors (Lipinski definition) is 7. The van der Waals surface area contributed by atoms with E-state index in [9.17, 15) is 0 Å². The van der Waals surface area contributed by atoms with Gasteiger partial charge >= 0.3 is 17.1 Å². The van der Waals surface area contributed by atoms with Crippen molar-refractivity contribution in [3.05, 3.63) is 0 Å². The van der Waals surface area contributed by atoms with Crippen molar-refractivity contribution in [2.75, 3.05) is 26.4 Å². The van der Waals surface area contributed by atoms with Crippen molar-refractivity contribution < 1.29 is 27.2 Å². The smallest absolute Gasteiger partial charge is 0.364 e. The van der Waals surface area contributed by atoms with E-state index in [2.05, 4.69) is 40.8 Å². The number of nitrogens with two attached hydrogens (primary N) is 1. The average molecular weight is 566 g/mol. The van der Waals surface area contributed by atoms with E-state index in [1.165, 1.54) is 0 Å². The zero-order valence-electron chi connectivity index (χ0n) is 26.3. The fraction of sp³-hybridized carbons (Fsp3) is 1.00. The van der Waals surface area contributed by atoms with Crippen LogP contribution in [-0.2, 0) is 27.2 Å². The highest BCUT2D eigenvalue weighted by molar-refractivity contribution is 6.67.